The fraction of sp³-hybridized carbons (Fsp3) is 0.0769. The Bertz CT molecular complexity index is 675. The van der Waals surface area contributed by atoms with Gasteiger partial charge in [-0.25, -0.2) is 13.9 Å². The Kier molecular flexibility index (Phi) is 5.11. The van der Waals surface area contributed by atoms with Gasteiger partial charge < -0.3 is 10.1 Å². The summed E-state index contributed by atoms with van der Waals surface area (Å²) in [4.78, 5) is 24.1. The van der Waals surface area contributed by atoms with Crippen LogP contribution in [0.25, 0.3) is 0 Å². The standard InChI is InChI=1S/C13H11ClN2O3S2/c1-19-12(17)11-10(6-7-21-11)16(20)13(18)15-9-5-3-2-4-8(9)14/h2-7,20H,1H3,(H,15,18). The number of anilines is 2. The summed E-state index contributed by atoms with van der Waals surface area (Å²) in [5.41, 5.74) is 0.804. The maximum atomic E-state index is 12.2. The molecule has 1 heterocycles. The minimum Gasteiger partial charge on any atom is -0.465 e. The van der Waals surface area contributed by atoms with Crippen molar-refractivity contribution in [1.82, 2.24) is 0 Å². The SMILES string of the molecule is COC(=O)c1sccc1N(S)C(=O)Nc1ccccc1Cl. The van der Waals surface area contributed by atoms with E-state index in [2.05, 4.69) is 22.9 Å². The Morgan fingerprint density at radius 2 is 2.05 bits per heavy atom. The van der Waals surface area contributed by atoms with Gasteiger partial charge in [0.1, 0.15) is 4.88 Å². The van der Waals surface area contributed by atoms with E-state index in [1.807, 2.05) is 0 Å². The van der Waals surface area contributed by atoms with E-state index in [9.17, 15) is 9.59 Å². The summed E-state index contributed by atoms with van der Waals surface area (Å²) in [5, 5.41) is 4.70. The maximum Gasteiger partial charge on any atom is 0.350 e. The number of thiol groups is 1. The number of carbonyl (C=O) groups is 2. The van der Waals surface area contributed by atoms with Gasteiger partial charge in [-0.2, -0.15) is 0 Å². The number of amides is 2. The van der Waals surface area contributed by atoms with Crippen LogP contribution in [-0.4, -0.2) is 19.1 Å². The molecule has 0 saturated heterocycles. The average Bonchev–Trinajstić information content (AvgIpc) is 2.97. The second kappa shape index (κ2) is 6.84. The number of rotatable bonds is 3. The van der Waals surface area contributed by atoms with Gasteiger partial charge in [0, 0.05) is 0 Å². The number of carbonyl (C=O) groups excluding carboxylic acids is 2. The van der Waals surface area contributed by atoms with Gasteiger partial charge in [-0.1, -0.05) is 36.5 Å². The van der Waals surface area contributed by atoms with Crippen LogP contribution in [0.15, 0.2) is 35.7 Å². The molecule has 0 radical (unpaired) electrons. The third-order valence-corrected chi connectivity index (χ3v) is 4.16. The average molecular weight is 343 g/mol. The summed E-state index contributed by atoms with van der Waals surface area (Å²) >= 11 is 11.3. The molecule has 0 aliphatic heterocycles. The van der Waals surface area contributed by atoms with Gasteiger partial charge in [-0.15, -0.1) is 11.3 Å². The fourth-order valence-electron chi connectivity index (χ4n) is 1.55. The van der Waals surface area contributed by atoms with Crippen LogP contribution >= 0.6 is 35.8 Å². The molecule has 5 nitrogen and oxygen atoms in total. The Balaban J connectivity index is 2.19. The largest absolute Gasteiger partial charge is 0.465 e. The van der Waals surface area contributed by atoms with Gasteiger partial charge in [0.05, 0.1) is 23.5 Å². The van der Waals surface area contributed by atoms with Crippen molar-refractivity contribution in [1.29, 1.82) is 0 Å². The van der Waals surface area contributed by atoms with Crippen molar-refractivity contribution in [3.63, 3.8) is 0 Å². The van der Waals surface area contributed by atoms with Crippen molar-refractivity contribution in [2.45, 2.75) is 0 Å². The molecule has 1 N–H and O–H groups in total. The van der Waals surface area contributed by atoms with Crippen LogP contribution in [0.1, 0.15) is 9.67 Å². The highest BCUT2D eigenvalue weighted by Gasteiger charge is 2.22. The summed E-state index contributed by atoms with van der Waals surface area (Å²) < 4.78 is 5.69. The number of benzene rings is 1. The van der Waals surface area contributed by atoms with Crippen LogP contribution in [0.2, 0.25) is 5.02 Å². The van der Waals surface area contributed by atoms with Gasteiger partial charge in [-0.05, 0) is 23.6 Å². The molecule has 0 unspecified atom stereocenters. The molecule has 8 heteroatoms. The molecular weight excluding hydrogens is 332 g/mol. The molecule has 110 valence electrons. The van der Waals surface area contributed by atoms with Gasteiger partial charge in [0.15, 0.2) is 0 Å². The number of esters is 1. The van der Waals surface area contributed by atoms with Gasteiger partial charge >= 0.3 is 12.0 Å². The summed E-state index contributed by atoms with van der Waals surface area (Å²) in [6.45, 7) is 0. The number of para-hydroxylation sites is 1. The molecule has 2 aromatic rings. The van der Waals surface area contributed by atoms with Crippen LogP contribution in [0.3, 0.4) is 0 Å². The number of hydrogen-bond donors (Lipinski definition) is 2. The lowest BCUT2D eigenvalue weighted by molar-refractivity contribution is 0.0607. The van der Waals surface area contributed by atoms with Crippen molar-refractivity contribution in [3.8, 4) is 0 Å². The lowest BCUT2D eigenvalue weighted by Crippen LogP contribution is -2.27. The molecule has 0 atom stereocenters. The molecule has 1 aromatic carbocycles. The van der Waals surface area contributed by atoms with E-state index in [1.165, 1.54) is 18.4 Å². The van der Waals surface area contributed by atoms with Crippen molar-refractivity contribution >= 4 is 59.1 Å². The molecule has 2 rings (SSSR count). The van der Waals surface area contributed by atoms with Crippen LogP contribution in [0.4, 0.5) is 16.2 Å². The lowest BCUT2D eigenvalue weighted by atomic mass is 10.3. The Morgan fingerprint density at radius 3 is 2.71 bits per heavy atom. The highest BCUT2D eigenvalue weighted by Crippen LogP contribution is 2.29. The minimum atomic E-state index is -0.532. The van der Waals surface area contributed by atoms with Crippen molar-refractivity contribution in [2.24, 2.45) is 0 Å². The highest BCUT2D eigenvalue weighted by atomic mass is 35.5. The van der Waals surface area contributed by atoms with Gasteiger partial charge in [0.2, 0.25) is 0 Å². The number of ether oxygens (including phenoxy) is 1. The lowest BCUT2D eigenvalue weighted by Gasteiger charge is -2.17. The smallest absolute Gasteiger partial charge is 0.350 e. The number of halogens is 1. The molecule has 0 aliphatic rings. The molecule has 21 heavy (non-hydrogen) atoms. The molecule has 0 spiro atoms. The summed E-state index contributed by atoms with van der Waals surface area (Å²) in [7, 11) is 1.28. The van der Waals surface area contributed by atoms with Crippen molar-refractivity contribution in [3.05, 3.63) is 45.6 Å². The topological polar surface area (TPSA) is 58.6 Å². The molecule has 2 amide bonds. The quantitative estimate of drug-likeness (QED) is 0.653. The van der Waals surface area contributed by atoms with Crippen LogP contribution in [0, 0.1) is 0 Å². The zero-order valence-electron chi connectivity index (χ0n) is 10.9. The first kappa shape index (κ1) is 15.7. The Labute approximate surface area is 136 Å². The summed E-state index contributed by atoms with van der Waals surface area (Å²) in [6, 6.07) is 7.89. The first-order chi connectivity index (χ1) is 10.0. The van der Waals surface area contributed by atoms with E-state index in [0.717, 1.165) is 4.31 Å². The fourth-order valence-corrected chi connectivity index (χ4v) is 2.81. The number of urea groups is 1. The molecule has 0 saturated carbocycles. The number of hydrogen-bond acceptors (Lipinski definition) is 5. The third kappa shape index (κ3) is 3.49. The molecule has 0 bridgehead atoms. The second-order valence-electron chi connectivity index (χ2n) is 3.85. The van der Waals surface area contributed by atoms with E-state index in [0.29, 0.717) is 21.3 Å². The highest BCUT2D eigenvalue weighted by molar-refractivity contribution is 7.82. The predicted molar refractivity (Wildman–Crippen MR) is 87.6 cm³/mol. The van der Waals surface area contributed by atoms with Crippen LogP contribution in [-0.2, 0) is 4.74 Å². The van der Waals surface area contributed by atoms with E-state index < -0.39 is 12.0 Å². The summed E-state index contributed by atoms with van der Waals surface area (Å²) in [5.74, 6) is -0.524. The second-order valence-corrected chi connectivity index (χ2v) is 5.57. The molecule has 1 aromatic heterocycles. The van der Waals surface area contributed by atoms with Crippen LogP contribution in [0.5, 0.6) is 0 Å². The third-order valence-electron chi connectivity index (χ3n) is 2.55. The number of nitrogens with one attached hydrogen (secondary N) is 1. The van der Waals surface area contributed by atoms with E-state index in [1.54, 1.807) is 35.7 Å². The van der Waals surface area contributed by atoms with Crippen LogP contribution < -0.4 is 9.62 Å². The van der Waals surface area contributed by atoms with E-state index >= 15 is 0 Å². The summed E-state index contributed by atoms with van der Waals surface area (Å²) in [6.07, 6.45) is 0. The monoisotopic (exact) mass is 342 g/mol. The number of methoxy groups -OCH3 is 1. The molecule has 0 aliphatic carbocycles. The van der Waals surface area contributed by atoms with Crippen molar-refractivity contribution in [2.75, 3.05) is 16.7 Å². The zero-order chi connectivity index (χ0) is 15.4. The normalized spacial score (nSPS) is 10.0. The first-order valence-corrected chi connectivity index (χ1v) is 7.40. The number of thiophene rings is 1. The number of nitrogens with zero attached hydrogens (tertiary/aromatic N) is 1. The molecule has 0 fully saturated rings. The van der Waals surface area contributed by atoms with Gasteiger partial charge in [-0.3, -0.25) is 0 Å². The minimum absolute atomic E-state index is 0.293. The van der Waals surface area contributed by atoms with E-state index in [-0.39, 0.29) is 0 Å². The van der Waals surface area contributed by atoms with Crippen molar-refractivity contribution < 1.29 is 14.3 Å². The first-order valence-electron chi connectivity index (χ1n) is 5.75. The predicted octanol–water partition coefficient (Wildman–Crippen LogP) is 4.07. The molecular formula is C13H11ClN2O3S2. The Hall–Kier alpha value is -1.70. The van der Waals surface area contributed by atoms with Gasteiger partial charge in [0.25, 0.3) is 0 Å². The zero-order valence-corrected chi connectivity index (χ0v) is 13.3. The van der Waals surface area contributed by atoms with E-state index in [4.69, 9.17) is 11.6 Å². The maximum absolute atomic E-state index is 12.2. The Morgan fingerprint density at radius 1 is 1.33 bits per heavy atom.